The lowest BCUT2D eigenvalue weighted by molar-refractivity contribution is 0.204. The predicted molar refractivity (Wildman–Crippen MR) is 63.2 cm³/mol. The molecule has 1 rings (SSSR count). The molecule has 0 radical (unpaired) electrons. The fourth-order valence-electron chi connectivity index (χ4n) is 2.88. The van der Waals surface area contributed by atoms with Crippen molar-refractivity contribution in [1.29, 1.82) is 0 Å². The Labute approximate surface area is 89.5 Å². The van der Waals surface area contributed by atoms with E-state index in [0.29, 0.717) is 11.5 Å². The molecular formula is C13H27N. The molecular weight excluding hydrogens is 170 g/mol. The summed E-state index contributed by atoms with van der Waals surface area (Å²) < 4.78 is 0. The Balaban J connectivity index is 2.43. The first kappa shape index (κ1) is 12.0. The van der Waals surface area contributed by atoms with E-state index in [4.69, 9.17) is 5.73 Å². The van der Waals surface area contributed by atoms with Crippen LogP contribution in [-0.4, -0.2) is 6.04 Å². The van der Waals surface area contributed by atoms with Gasteiger partial charge in [-0.25, -0.2) is 0 Å². The molecule has 0 aliphatic heterocycles. The van der Waals surface area contributed by atoms with Crippen molar-refractivity contribution < 1.29 is 0 Å². The van der Waals surface area contributed by atoms with Crippen LogP contribution < -0.4 is 5.73 Å². The summed E-state index contributed by atoms with van der Waals surface area (Å²) in [5, 5.41) is 0. The van der Waals surface area contributed by atoms with Crippen LogP contribution in [-0.2, 0) is 0 Å². The van der Waals surface area contributed by atoms with Crippen molar-refractivity contribution in [1.82, 2.24) is 0 Å². The van der Waals surface area contributed by atoms with Crippen LogP contribution in [0.1, 0.15) is 65.7 Å². The number of nitrogens with two attached hydrogens (primary N) is 1. The van der Waals surface area contributed by atoms with Gasteiger partial charge >= 0.3 is 0 Å². The van der Waals surface area contributed by atoms with Crippen molar-refractivity contribution in [2.24, 2.45) is 17.1 Å². The third kappa shape index (κ3) is 2.73. The molecule has 0 bridgehead atoms. The summed E-state index contributed by atoms with van der Waals surface area (Å²) in [6.45, 7) is 6.90. The summed E-state index contributed by atoms with van der Waals surface area (Å²) in [6.07, 6.45) is 9.37. The van der Waals surface area contributed by atoms with E-state index >= 15 is 0 Å². The van der Waals surface area contributed by atoms with Gasteiger partial charge in [0.1, 0.15) is 0 Å². The van der Waals surface area contributed by atoms with Crippen LogP contribution in [0.3, 0.4) is 0 Å². The van der Waals surface area contributed by atoms with Crippen molar-refractivity contribution >= 4 is 0 Å². The topological polar surface area (TPSA) is 26.0 Å². The highest BCUT2D eigenvalue weighted by Gasteiger charge is 2.37. The summed E-state index contributed by atoms with van der Waals surface area (Å²) in [5.74, 6) is 0.802. The van der Waals surface area contributed by atoms with Gasteiger partial charge in [0.2, 0.25) is 0 Å². The predicted octanol–water partition coefficient (Wildman–Crippen LogP) is 3.72. The first-order valence-electron chi connectivity index (χ1n) is 6.36. The summed E-state index contributed by atoms with van der Waals surface area (Å²) >= 11 is 0. The Morgan fingerprint density at radius 1 is 1.14 bits per heavy atom. The highest BCUT2D eigenvalue weighted by molar-refractivity contribution is 4.92. The molecule has 1 unspecified atom stereocenters. The largest absolute Gasteiger partial charge is 0.327 e. The molecule has 2 N–H and O–H groups in total. The molecule has 0 saturated heterocycles. The zero-order chi connectivity index (χ0) is 10.6. The molecule has 1 aliphatic rings. The van der Waals surface area contributed by atoms with E-state index in [-0.39, 0.29) is 0 Å². The lowest BCUT2D eigenvalue weighted by Crippen LogP contribution is -2.39. The monoisotopic (exact) mass is 197 g/mol. The maximum Gasteiger partial charge on any atom is 0.00955 e. The molecule has 0 aromatic carbocycles. The number of hydrogen-bond acceptors (Lipinski definition) is 1. The third-order valence-electron chi connectivity index (χ3n) is 4.15. The van der Waals surface area contributed by atoms with Crippen molar-refractivity contribution in [3.63, 3.8) is 0 Å². The van der Waals surface area contributed by atoms with Gasteiger partial charge in [0.25, 0.3) is 0 Å². The second-order valence-electron chi connectivity index (χ2n) is 5.50. The van der Waals surface area contributed by atoms with Gasteiger partial charge in [-0.1, -0.05) is 33.6 Å². The van der Waals surface area contributed by atoms with Crippen LogP contribution in [0, 0.1) is 11.3 Å². The van der Waals surface area contributed by atoms with Crippen molar-refractivity contribution in [3.05, 3.63) is 0 Å². The average Bonchev–Trinajstić information content (AvgIpc) is 2.63. The maximum atomic E-state index is 6.37. The molecule has 1 fully saturated rings. The Hall–Kier alpha value is -0.0400. The molecule has 1 heteroatoms. The van der Waals surface area contributed by atoms with Crippen molar-refractivity contribution in [2.75, 3.05) is 0 Å². The smallest absolute Gasteiger partial charge is 0.00955 e. The molecule has 84 valence electrons. The van der Waals surface area contributed by atoms with Crippen LogP contribution >= 0.6 is 0 Å². The quantitative estimate of drug-likeness (QED) is 0.714. The molecule has 0 aromatic heterocycles. The number of rotatable bonds is 5. The Morgan fingerprint density at radius 3 is 2.14 bits per heavy atom. The standard InChI is InChI=1S/C13H27N/c1-4-13(9-5-6-10-13)12(14)8-7-11(2)3/h11-12H,4-10,14H2,1-3H3. The van der Waals surface area contributed by atoms with E-state index in [2.05, 4.69) is 20.8 Å². The minimum absolute atomic E-state index is 0.456. The molecule has 0 spiro atoms. The zero-order valence-corrected chi connectivity index (χ0v) is 10.2. The highest BCUT2D eigenvalue weighted by atomic mass is 14.7. The Morgan fingerprint density at radius 2 is 1.71 bits per heavy atom. The van der Waals surface area contributed by atoms with Gasteiger partial charge in [-0.05, 0) is 43.4 Å². The molecule has 0 aromatic rings. The minimum atomic E-state index is 0.456. The van der Waals surface area contributed by atoms with Crippen LogP contribution in [0.5, 0.6) is 0 Å². The van der Waals surface area contributed by atoms with Gasteiger partial charge in [0.05, 0.1) is 0 Å². The first-order chi connectivity index (χ1) is 6.60. The second-order valence-corrected chi connectivity index (χ2v) is 5.50. The fourth-order valence-corrected chi connectivity index (χ4v) is 2.88. The molecule has 1 atom stereocenters. The Kier molecular flexibility index (Phi) is 4.43. The molecule has 0 heterocycles. The Bertz CT molecular complexity index is 157. The fraction of sp³-hybridized carbons (Fsp3) is 1.00. The van der Waals surface area contributed by atoms with E-state index in [1.165, 1.54) is 44.9 Å². The summed E-state index contributed by atoms with van der Waals surface area (Å²) in [7, 11) is 0. The van der Waals surface area contributed by atoms with Crippen LogP contribution in [0.4, 0.5) is 0 Å². The van der Waals surface area contributed by atoms with E-state index < -0.39 is 0 Å². The van der Waals surface area contributed by atoms with E-state index in [1.807, 2.05) is 0 Å². The number of hydrogen-bond donors (Lipinski definition) is 1. The molecule has 1 aliphatic carbocycles. The van der Waals surface area contributed by atoms with Gasteiger partial charge in [-0.2, -0.15) is 0 Å². The molecule has 14 heavy (non-hydrogen) atoms. The van der Waals surface area contributed by atoms with E-state index in [0.717, 1.165) is 5.92 Å². The van der Waals surface area contributed by atoms with E-state index in [1.54, 1.807) is 0 Å². The molecule has 1 saturated carbocycles. The SMILES string of the molecule is CCC1(C(N)CCC(C)C)CCCC1. The average molecular weight is 197 g/mol. The maximum absolute atomic E-state index is 6.37. The lowest BCUT2D eigenvalue weighted by atomic mass is 9.74. The van der Waals surface area contributed by atoms with E-state index in [9.17, 15) is 0 Å². The van der Waals surface area contributed by atoms with Gasteiger partial charge < -0.3 is 5.73 Å². The van der Waals surface area contributed by atoms with Crippen LogP contribution in [0.2, 0.25) is 0 Å². The first-order valence-corrected chi connectivity index (χ1v) is 6.36. The minimum Gasteiger partial charge on any atom is -0.327 e. The summed E-state index contributed by atoms with van der Waals surface area (Å²) in [5.41, 5.74) is 6.88. The normalized spacial score (nSPS) is 22.9. The van der Waals surface area contributed by atoms with Crippen molar-refractivity contribution in [3.8, 4) is 0 Å². The van der Waals surface area contributed by atoms with Crippen LogP contribution in [0.15, 0.2) is 0 Å². The molecule has 0 amide bonds. The van der Waals surface area contributed by atoms with Gasteiger partial charge in [0, 0.05) is 6.04 Å². The molecule has 1 nitrogen and oxygen atoms in total. The van der Waals surface area contributed by atoms with Gasteiger partial charge in [-0.3, -0.25) is 0 Å². The lowest BCUT2D eigenvalue weighted by Gasteiger charge is -2.34. The second kappa shape index (κ2) is 5.16. The zero-order valence-electron chi connectivity index (χ0n) is 10.2. The summed E-state index contributed by atoms with van der Waals surface area (Å²) in [6, 6.07) is 0.456. The highest BCUT2D eigenvalue weighted by Crippen LogP contribution is 2.44. The van der Waals surface area contributed by atoms with Gasteiger partial charge in [-0.15, -0.1) is 0 Å². The van der Waals surface area contributed by atoms with Crippen molar-refractivity contribution in [2.45, 2.75) is 71.8 Å². The van der Waals surface area contributed by atoms with Gasteiger partial charge in [0.15, 0.2) is 0 Å². The third-order valence-corrected chi connectivity index (χ3v) is 4.15. The summed E-state index contributed by atoms with van der Waals surface area (Å²) in [4.78, 5) is 0. The van der Waals surface area contributed by atoms with Crippen LogP contribution in [0.25, 0.3) is 0 Å².